The van der Waals surface area contributed by atoms with Crippen molar-refractivity contribution in [1.82, 2.24) is 0 Å². The zero-order valence-corrected chi connectivity index (χ0v) is 11.3. The summed E-state index contributed by atoms with van der Waals surface area (Å²) in [7, 11) is 0. The molecule has 1 amide bonds. The van der Waals surface area contributed by atoms with Gasteiger partial charge in [-0.3, -0.25) is 4.79 Å². The lowest BCUT2D eigenvalue weighted by Gasteiger charge is -2.20. The topological polar surface area (TPSA) is 53.7 Å². The lowest BCUT2D eigenvalue weighted by molar-refractivity contribution is 0.0987. The Bertz CT molecular complexity index is 601. The minimum atomic E-state index is -0.123. The molecule has 0 aliphatic carbocycles. The molecule has 4 nitrogen and oxygen atoms in total. The first-order valence-electron chi connectivity index (χ1n) is 6.21. The first kappa shape index (κ1) is 13.2. The van der Waals surface area contributed by atoms with E-state index in [0.717, 1.165) is 0 Å². The highest BCUT2D eigenvalue weighted by atomic mass is 16.3. The van der Waals surface area contributed by atoms with Crippen LogP contribution in [0.5, 0.6) is 5.75 Å². The smallest absolute Gasteiger partial charge is 0.261 e. The quantitative estimate of drug-likeness (QED) is 0.920. The number of anilines is 1. The van der Waals surface area contributed by atoms with Crippen LogP contribution in [-0.2, 0) is 0 Å². The molecule has 1 aromatic heterocycles. The fourth-order valence-electron chi connectivity index (χ4n) is 2.09. The van der Waals surface area contributed by atoms with Crippen LogP contribution in [0.15, 0.2) is 34.7 Å². The Balaban J connectivity index is 2.37. The lowest BCUT2D eigenvalue weighted by atomic mass is 10.2. The van der Waals surface area contributed by atoms with Crippen molar-refractivity contribution in [2.24, 2.45) is 0 Å². The van der Waals surface area contributed by atoms with E-state index in [0.29, 0.717) is 29.3 Å². The number of phenols is 1. The lowest BCUT2D eigenvalue weighted by Crippen LogP contribution is -2.30. The van der Waals surface area contributed by atoms with E-state index in [-0.39, 0.29) is 11.7 Å². The van der Waals surface area contributed by atoms with Gasteiger partial charge in [0.25, 0.3) is 5.91 Å². The molecule has 0 bridgehead atoms. The summed E-state index contributed by atoms with van der Waals surface area (Å²) in [5.74, 6) is 1.35. The summed E-state index contributed by atoms with van der Waals surface area (Å²) in [6.45, 7) is 6.00. The maximum atomic E-state index is 12.5. The summed E-state index contributed by atoms with van der Waals surface area (Å²) in [4.78, 5) is 14.1. The van der Waals surface area contributed by atoms with Gasteiger partial charge >= 0.3 is 0 Å². The van der Waals surface area contributed by atoms with Crippen LogP contribution in [0.3, 0.4) is 0 Å². The van der Waals surface area contributed by atoms with E-state index in [1.165, 1.54) is 0 Å². The fourth-order valence-corrected chi connectivity index (χ4v) is 2.09. The van der Waals surface area contributed by atoms with Gasteiger partial charge in [-0.05, 0) is 39.0 Å². The van der Waals surface area contributed by atoms with Crippen molar-refractivity contribution in [2.45, 2.75) is 20.8 Å². The Hall–Kier alpha value is -2.23. The molecule has 100 valence electrons. The zero-order chi connectivity index (χ0) is 14.0. The maximum absolute atomic E-state index is 12.5. The average Bonchev–Trinajstić information content (AvgIpc) is 2.69. The van der Waals surface area contributed by atoms with Crippen LogP contribution >= 0.6 is 0 Å². The second kappa shape index (κ2) is 5.18. The third-order valence-electron chi connectivity index (χ3n) is 2.97. The molecule has 0 unspecified atom stereocenters. The molecule has 2 aromatic rings. The molecule has 0 spiro atoms. The van der Waals surface area contributed by atoms with Gasteiger partial charge in [0.15, 0.2) is 0 Å². The van der Waals surface area contributed by atoms with Gasteiger partial charge in [0.05, 0.1) is 5.56 Å². The van der Waals surface area contributed by atoms with Crippen molar-refractivity contribution in [2.75, 3.05) is 11.4 Å². The van der Waals surface area contributed by atoms with Crippen molar-refractivity contribution in [3.05, 3.63) is 47.4 Å². The molecule has 0 radical (unpaired) electrons. The number of aryl methyl sites for hydroxylation is 2. The summed E-state index contributed by atoms with van der Waals surface area (Å²) in [6.07, 6.45) is 0. The SMILES string of the molecule is CCN(C(=O)c1cc(C)oc1C)c1cccc(O)c1. The van der Waals surface area contributed by atoms with Gasteiger partial charge < -0.3 is 14.4 Å². The molecular weight excluding hydrogens is 242 g/mol. The highest BCUT2D eigenvalue weighted by Gasteiger charge is 2.20. The number of amides is 1. The molecule has 0 saturated carbocycles. The largest absolute Gasteiger partial charge is 0.508 e. The van der Waals surface area contributed by atoms with Crippen LogP contribution in [0.4, 0.5) is 5.69 Å². The molecule has 1 N–H and O–H groups in total. The number of benzene rings is 1. The molecule has 0 saturated heterocycles. The van der Waals surface area contributed by atoms with E-state index < -0.39 is 0 Å². The predicted molar refractivity (Wildman–Crippen MR) is 73.6 cm³/mol. The van der Waals surface area contributed by atoms with Crippen LogP contribution < -0.4 is 4.90 Å². The molecule has 0 atom stereocenters. The molecule has 0 aliphatic heterocycles. The van der Waals surface area contributed by atoms with E-state index in [1.54, 1.807) is 42.2 Å². The minimum Gasteiger partial charge on any atom is -0.508 e. The Morgan fingerprint density at radius 1 is 1.32 bits per heavy atom. The molecular formula is C15H17NO3. The van der Waals surface area contributed by atoms with Crippen molar-refractivity contribution in [1.29, 1.82) is 0 Å². The molecule has 4 heteroatoms. The summed E-state index contributed by atoms with van der Waals surface area (Å²) in [5.41, 5.74) is 1.23. The predicted octanol–water partition coefficient (Wildman–Crippen LogP) is 3.27. The van der Waals surface area contributed by atoms with E-state index in [4.69, 9.17) is 4.42 Å². The number of carbonyl (C=O) groups is 1. The van der Waals surface area contributed by atoms with Crippen LogP contribution in [0.25, 0.3) is 0 Å². The molecule has 1 heterocycles. The molecule has 19 heavy (non-hydrogen) atoms. The number of phenolic OH excluding ortho intramolecular Hbond substituents is 1. The summed E-state index contributed by atoms with van der Waals surface area (Å²) in [6, 6.07) is 8.40. The van der Waals surface area contributed by atoms with E-state index >= 15 is 0 Å². The molecule has 2 rings (SSSR count). The van der Waals surface area contributed by atoms with Gasteiger partial charge in [-0.2, -0.15) is 0 Å². The zero-order valence-electron chi connectivity index (χ0n) is 11.3. The molecule has 0 aliphatic rings. The van der Waals surface area contributed by atoms with Gasteiger partial charge in [0.2, 0.25) is 0 Å². The number of nitrogens with zero attached hydrogens (tertiary/aromatic N) is 1. The Labute approximate surface area is 112 Å². The van der Waals surface area contributed by atoms with Gasteiger partial charge in [-0.1, -0.05) is 6.07 Å². The summed E-state index contributed by atoms with van der Waals surface area (Å²) in [5, 5.41) is 9.51. The standard InChI is InChI=1S/C15H17NO3/c1-4-16(12-6-5-7-13(17)9-12)15(18)14-8-10(2)19-11(14)3/h5-9,17H,4H2,1-3H3. The highest BCUT2D eigenvalue weighted by Crippen LogP contribution is 2.23. The normalized spacial score (nSPS) is 10.5. The van der Waals surface area contributed by atoms with Gasteiger partial charge in [0, 0.05) is 18.3 Å². The number of carbonyl (C=O) groups excluding carboxylic acids is 1. The Morgan fingerprint density at radius 2 is 2.05 bits per heavy atom. The maximum Gasteiger partial charge on any atom is 0.261 e. The van der Waals surface area contributed by atoms with Crippen LogP contribution in [0, 0.1) is 13.8 Å². The number of rotatable bonds is 3. The Kier molecular flexibility index (Phi) is 3.60. The van der Waals surface area contributed by atoms with Crippen molar-refractivity contribution in [3.8, 4) is 5.75 Å². The fraction of sp³-hybridized carbons (Fsp3) is 0.267. The highest BCUT2D eigenvalue weighted by molar-refractivity contribution is 6.06. The molecule has 1 aromatic carbocycles. The number of furan rings is 1. The third-order valence-corrected chi connectivity index (χ3v) is 2.97. The third kappa shape index (κ3) is 2.62. The van der Waals surface area contributed by atoms with E-state index in [9.17, 15) is 9.90 Å². The van der Waals surface area contributed by atoms with Crippen LogP contribution in [-0.4, -0.2) is 17.6 Å². The summed E-state index contributed by atoms with van der Waals surface area (Å²) < 4.78 is 5.39. The van der Waals surface area contributed by atoms with Gasteiger partial charge in [-0.25, -0.2) is 0 Å². The van der Waals surface area contributed by atoms with Gasteiger partial charge in [-0.15, -0.1) is 0 Å². The van der Waals surface area contributed by atoms with Crippen LogP contribution in [0.1, 0.15) is 28.8 Å². The first-order chi connectivity index (χ1) is 9.02. The number of hydrogen-bond donors (Lipinski definition) is 1. The second-order valence-corrected chi connectivity index (χ2v) is 4.40. The van der Waals surface area contributed by atoms with Crippen molar-refractivity contribution in [3.63, 3.8) is 0 Å². The van der Waals surface area contributed by atoms with Gasteiger partial charge in [0.1, 0.15) is 17.3 Å². The molecule has 0 fully saturated rings. The number of aromatic hydroxyl groups is 1. The minimum absolute atomic E-state index is 0.123. The average molecular weight is 259 g/mol. The first-order valence-corrected chi connectivity index (χ1v) is 6.21. The van der Waals surface area contributed by atoms with Crippen LogP contribution in [0.2, 0.25) is 0 Å². The summed E-state index contributed by atoms with van der Waals surface area (Å²) >= 11 is 0. The van der Waals surface area contributed by atoms with E-state index in [2.05, 4.69) is 0 Å². The van der Waals surface area contributed by atoms with Crippen molar-refractivity contribution >= 4 is 11.6 Å². The van der Waals surface area contributed by atoms with E-state index in [1.807, 2.05) is 13.8 Å². The second-order valence-electron chi connectivity index (χ2n) is 4.40. The Morgan fingerprint density at radius 3 is 2.58 bits per heavy atom. The monoisotopic (exact) mass is 259 g/mol. The number of hydrogen-bond acceptors (Lipinski definition) is 3. The van der Waals surface area contributed by atoms with Crippen molar-refractivity contribution < 1.29 is 14.3 Å².